The fraction of sp³-hybridized carbons (Fsp3) is 0.579. The van der Waals surface area contributed by atoms with Crippen molar-refractivity contribution in [3.05, 3.63) is 35.8 Å². The highest BCUT2D eigenvalue weighted by Crippen LogP contribution is 2.28. The molecule has 8 nitrogen and oxygen atoms in total. The van der Waals surface area contributed by atoms with E-state index in [9.17, 15) is 9.59 Å². The molecule has 4 rings (SSSR count). The van der Waals surface area contributed by atoms with Crippen molar-refractivity contribution in [2.75, 3.05) is 26.2 Å². The van der Waals surface area contributed by atoms with Gasteiger partial charge in [-0.15, -0.1) is 10.2 Å². The summed E-state index contributed by atoms with van der Waals surface area (Å²) in [5.41, 5.74) is 0.703. The molecule has 0 aliphatic carbocycles. The minimum absolute atomic E-state index is 0.0587. The maximum atomic E-state index is 12.6. The number of rotatable bonds is 4. The Balaban J connectivity index is 1.32. The van der Waals surface area contributed by atoms with Gasteiger partial charge in [-0.2, -0.15) is 0 Å². The van der Waals surface area contributed by atoms with Crippen LogP contribution in [0.15, 0.2) is 22.7 Å². The van der Waals surface area contributed by atoms with Gasteiger partial charge < -0.3 is 18.8 Å². The lowest BCUT2D eigenvalue weighted by Gasteiger charge is -2.30. The molecule has 2 saturated heterocycles. The van der Waals surface area contributed by atoms with E-state index in [0.717, 1.165) is 38.8 Å². The van der Waals surface area contributed by atoms with Crippen LogP contribution in [-0.2, 0) is 18.3 Å². The number of hydrogen-bond donors (Lipinski definition) is 0. The Bertz CT molecular complexity index is 813. The number of amides is 2. The molecule has 144 valence electrons. The van der Waals surface area contributed by atoms with Gasteiger partial charge in [0.05, 0.1) is 0 Å². The Morgan fingerprint density at radius 2 is 1.85 bits per heavy atom. The van der Waals surface area contributed by atoms with Gasteiger partial charge in [0.25, 0.3) is 5.91 Å². The second kappa shape index (κ2) is 7.54. The molecule has 0 radical (unpaired) electrons. The van der Waals surface area contributed by atoms with Crippen LogP contribution < -0.4 is 0 Å². The molecule has 0 N–H and O–H groups in total. The predicted molar refractivity (Wildman–Crippen MR) is 97.1 cm³/mol. The largest absolute Gasteiger partial charge is 0.424 e. The quantitative estimate of drug-likeness (QED) is 0.815. The molecule has 2 aliphatic rings. The van der Waals surface area contributed by atoms with E-state index in [1.54, 1.807) is 0 Å². The van der Waals surface area contributed by atoms with E-state index in [-0.39, 0.29) is 24.2 Å². The Morgan fingerprint density at radius 3 is 2.52 bits per heavy atom. The lowest BCUT2D eigenvalue weighted by Crippen LogP contribution is -2.38. The number of aromatic nitrogens is 3. The van der Waals surface area contributed by atoms with Crippen LogP contribution in [0.2, 0.25) is 0 Å². The number of likely N-dealkylation sites (tertiary alicyclic amines) is 2. The van der Waals surface area contributed by atoms with Crippen LogP contribution in [0.25, 0.3) is 0 Å². The molecule has 0 spiro atoms. The van der Waals surface area contributed by atoms with E-state index in [4.69, 9.17) is 4.42 Å². The maximum Gasteiger partial charge on any atom is 0.270 e. The van der Waals surface area contributed by atoms with Gasteiger partial charge >= 0.3 is 0 Å². The van der Waals surface area contributed by atoms with Crippen LogP contribution in [0.1, 0.15) is 53.9 Å². The van der Waals surface area contributed by atoms with Gasteiger partial charge in [0.15, 0.2) is 0 Å². The van der Waals surface area contributed by atoms with Crippen LogP contribution in [0.4, 0.5) is 0 Å². The van der Waals surface area contributed by atoms with Crippen molar-refractivity contribution >= 4 is 11.8 Å². The molecule has 0 saturated carbocycles. The average molecular weight is 371 g/mol. The minimum Gasteiger partial charge on any atom is -0.424 e. The predicted octanol–water partition coefficient (Wildman–Crippen LogP) is 1.59. The molecule has 2 aromatic rings. The molecular weight excluding hydrogens is 346 g/mol. The molecule has 0 atom stereocenters. The fourth-order valence-electron chi connectivity index (χ4n) is 3.89. The zero-order valence-corrected chi connectivity index (χ0v) is 15.6. The molecule has 2 amide bonds. The first-order chi connectivity index (χ1) is 13.1. The molecule has 2 aliphatic heterocycles. The first-order valence-electron chi connectivity index (χ1n) is 9.62. The number of nitrogens with zero attached hydrogens (tertiary/aromatic N) is 5. The van der Waals surface area contributed by atoms with E-state index in [1.165, 1.54) is 0 Å². The van der Waals surface area contributed by atoms with Gasteiger partial charge in [-0.05, 0) is 37.8 Å². The standard InChI is InChI=1S/C19H25N5O3/c1-22-8-4-5-15(22)19(26)24-11-6-14(7-12-24)18-21-20-16(27-18)13-17(25)23-9-2-3-10-23/h4-5,8,14H,2-3,6-7,9-13H2,1H3. The molecule has 2 aromatic heterocycles. The molecule has 4 heterocycles. The molecular formula is C19H25N5O3. The summed E-state index contributed by atoms with van der Waals surface area (Å²) in [7, 11) is 1.88. The lowest BCUT2D eigenvalue weighted by atomic mass is 9.96. The van der Waals surface area contributed by atoms with Crippen LogP contribution in [0, 0.1) is 0 Å². The fourth-order valence-corrected chi connectivity index (χ4v) is 3.89. The SMILES string of the molecule is Cn1cccc1C(=O)N1CCC(c2nnc(CC(=O)N3CCCC3)o2)CC1. The number of piperidine rings is 1. The van der Waals surface area contributed by atoms with Crippen LogP contribution in [-0.4, -0.2) is 62.6 Å². The normalized spacial score (nSPS) is 18.3. The van der Waals surface area contributed by atoms with Crippen molar-refractivity contribution in [1.82, 2.24) is 24.6 Å². The minimum atomic E-state index is 0.0587. The van der Waals surface area contributed by atoms with Gasteiger partial charge in [0, 0.05) is 45.3 Å². The van der Waals surface area contributed by atoms with Crippen LogP contribution >= 0.6 is 0 Å². The van der Waals surface area contributed by atoms with Crippen LogP contribution in [0.3, 0.4) is 0 Å². The lowest BCUT2D eigenvalue weighted by molar-refractivity contribution is -0.129. The van der Waals surface area contributed by atoms with Crippen molar-refractivity contribution < 1.29 is 14.0 Å². The van der Waals surface area contributed by atoms with Gasteiger partial charge in [-0.1, -0.05) is 0 Å². The van der Waals surface area contributed by atoms with Gasteiger partial charge in [-0.3, -0.25) is 9.59 Å². The Hall–Kier alpha value is -2.64. The zero-order valence-electron chi connectivity index (χ0n) is 15.6. The Morgan fingerprint density at radius 1 is 1.11 bits per heavy atom. The highest BCUT2D eigenvalue weighted by Gasteiger charge is 2.29. The summed E-state index contributed by atoms with van der Waals surface area (Å²) in [5, 5.41) is 8.22. The first kappa shape index (κ1) is 17.8. The third-order valence-electron chi connectivity index (χ3n) is 5.54. The summed E-state index contributed by atoms with van der Waals surface area (Å²) >= 11 is 0. The third kappa shape index (κ3) is 3.74. The highest BCUT2D eigenvalue weighted by molar-refractivity contribution is 5.92. The molecule has 0 unspecified atom stereocenters. The van der Waals surface area contributed by atoms with E-state index in [1.807, 2.05) is 39.7 Å². The van der Waals surface area contributed by atoms with Crippen molar-refractivity contribution in [3.63, 3.8) is 0 Å². The Labute approximate surface area is 158 Å². The summed E-state index contributed by atoms with van der Waals surface area (Å²) in [5.74, 6) is 1.24. The van der Waals surface area contributed by atoms with Gasteiger partial charge in [-0.25, -0.2) is 0 Å². The van der Waals surface area contributed by atoms with E-state index in [0.29, 0.717) is 30.6 Å². The summed E-state index contributed by atoms with van der Waals surface area (Å²) < 4.78 is 7.61. The number of carbonyl (C=O) groups is 2. The molecule has 8 heteroatoms. The smallest absolute Gasteiger partial charge is 0.270 e. The van der Waals surface area contributed by atoms with Crippen molar-refractivity contribution in [3.8, 4) is 0 Å². The molecule has 27 heavy (non-hydrogen) atoms. The first-order valence-corrected chi connectivity index (χ1v) is 9.62. The van der Waals surface area contributed by atoms with Crippen molar-refractivity contribution in [2.24, 2.45) is 7.05 Å². The summed E-state index contributed by atoms with van der Waals surface area (Å²) in [4.78, 5) is 28.5. The van der Waals surface area contributed by atoms with Gasteiger partial charge in [0.2, 0.25) is 17.7 Å². The third-order valence-corrected chi connectivity index (χ3v) is 5.54. The van der Waals surface area contributed by atoms with E-state index in [2.05, 4.69) is 10.2 Å². The second-order valence-corrected chi connectivity index (χ2v) is 7.37. The van der Waals surface area contributed by atoms with Crippen molar-refractivity contribution in [1.29, 1.82) is 0 Å². The summed E-state index contributed by atoms with van der Waals surface area (Å²) in [6, 6.07) is 3.72. The van der Waals surface area contributed by atoms with Crippen molar-refractivity contribution in [2.45, 2.75) is 38.0 Å². The summed E-state index contributed by atoms with van der Waals surface area (Å²) in [6.07, 6.45) is 5.78. The average Bonchev–Trinajstić information content (AvgIpc) is 3.43. The number of carbonyl (C=O) groups excluding carboxylic acids is 2. The topological polar surface area (TPSA) is 84.5 Å². The monoisotopic (exact) mass is 371 g/mol. The highest BCUT2D eigenvalue weighted by atomic mass is 16.4. The second-order valence-electron chi connectivity index (χ2n) is 7.37. The zero-order chi connectivity index (χ0) is 18.8. The molecule has 2 fully saturated rings. The number of hydrogen-bond acceptors (Lipinski definition) is 5. The maximum absolute atomic E-state index is 12.6. The van der Waals surface area contributed by atoms with E-state index >= 15 is 0 Å². The number of aryl methyl sites for hydroxylation is 1. The molecule has 0 bridgehead atoms. The van der Waals surface area contributed by atoms with Crippen LogP contribution in [0.5, 0.6) is 0 Å². The molecule has 0 aromatic carbocycles. The van der Waals surface area contributed by atoms with Gasteiger partial charge in [0.1, 0.15) is 12.1 Å². The van der Waals surface area contributed by atoms with E-state index < -0.39 is 0 Å². The summed E-state index contributed by atoms with van der Waals surface area (Å²) in [6.45, 7) is 2.99. The Kier molecular flexibility index (Phi) is 4.96.